The fraction of sp³-hybridized carbons (Fsp3) is 1.00. The van der Waals surface area contributed by atoms with Crippen LogP contribution in [-0.4, -0.2) is 49.6 Å². The van der Waals surface area contributed by atoms with Crippen molar-refractivity contribution in [3.8, 4) is 0 Å². The standard InChI is InChI=1S/C14H28N2S/c1-12(4-9-17-3)16(2)11-13-10-14(13)5-7-15-8-6-14/h12-13,15H,4-11H2,1-3H3. The molecular weight excluding hydrogens is 228 g/mol. The molecule has 17 heavy (non-hydrogen) atoms. The van der Waals surface area contributed by atoms with E-state index in [2.05, 4.69) is 30.4 Å². The van der Waals surface area contributed by atoms with Gasteiger partial charge in [-0.2, -0.15) is 11.8 Å². The third kappa shape index (κ3) is 3.39. The zero-order valence-corrected chi connectivity index (χ0v) is 12.5. The molecule has 2 atom stereocenters. The summed E-state index contributed by atoms with van der Waals surface area (Å²) < 4.78 is 0. The molecule has 1 aliphatic heterocycles. The fourth-order valence-corrected chi connectivity index (χ4v) is 3.84. The molecule has 3 heteroatoms. The lowest BCUT2D eigenvalue weighted by Gasteiger charge is -2.28. The third-order valence-electron chi connectivity index (χ3n) is 4.96. The predicted molar refractivity (Wildman–Crippen MR) is 77.7 cm³/mol. The Balaban J connectivity index is 1.71. The summed E-state index contributed by atoms with van der Waals surface area (Å²) in [5.74, 6) is 2.29. The molecule has 1 saturated carbocycles. The second-order valence-corrected chi connectivity index (χ2v) is 7.07. The van der Waals surface area contributed by atoms with Gasteiger partial charge in [0, 0.05) is 12.6 Å². The quantitative estimate of drug-likeness (QED) is 0.786. The minimum absolute atomic E-state index is 0.749. The van der Waals surface area contributed by atoms with Crippen LogP contribution in [0.4, 0.5) is 0 Å². The van der Waals surface area contributed by atoms with Crippen molar-refractivity contribution in [1.82, 2.24) is 10.2 Å². The summed E-state index contributed by atoms with van der Waals surface area (Å²) in [5.41, 5.74) is 0.749. The van der Waals surface area contributed by atoms with Gasteiger partial charge in [-0.3, -0.25) is 0 Å². The summed E-state index contributed by atoms with van der Waals surface area (Å²) in [7, 11) is 2.32. The van der Waals surface area contributed by atoms with Crippen molar-refractivity contribution in [2.45, 2.75) is 38.6 Å². The molecule has 2 unspecified atom stereocenters. The number of hydrogen-bond donors (Lipinski definition) is 1. The van der Waals surface area contributed by atoms with Crippen molar-refractivity contribution in [2.75, 3.05) is 38.7 Å². The molecule has 2 fully saturated rings. The van der Waals surface area contributed by atoms with Gasteiger partial charge in [-0.1, -0.05) is 0 Å². The molecule has 0 aromatic rings. The molecular formula is C14H28N2S. The molecule has 0 aromatic carbocycles. The second kappa shape index (κ2) is 5.94. The van der Waals surface area contributed by atoms with Crippen LogP contribution in [0.1, 0.15) is 32.6 Å². The van der Waals surface area contributed by atoms with Gasteiger partial charge in [-0.15, -0.1) is 0 Å². The van der Waals surface area contributed by atoms with Crippen LogP contribution in [0, 0.1) is 11.3 Å². The van der Waals surface area contributed by atoms with Crippen molar-refractivity contribution in [3.63, 3.8) is 0 Å². The molecule has 100 valence electrons. The van der Waals surface area contributed by atoms with Gasteiger partial charge in [0.2, 0.25) is 0 Å². The van der Waals surface area contributed by atoms with E-state index in [9.17, 15) is 0 Å². The Morgan fingerprint density at radius 1 is 1.41 bits per heavy atom. The molecule has 2 rings (SSSR count). The number of piperidine rings is 1. The van der Waals surface area contributed by atoms with Gasteiger partial charge in [0.1, 0.15) is 0 Å². The average molecular weight is 256 g/mol. The summed E-state index contributed by atoms with van der Waals surface area (Å²) in [4.78, 5) is 2.59. The summed E-state index contributed by atoms with van der Waals surface area (Å²) in [6.07, 6.45) is 7.88. The molecule has 1 N–H and O–H groups in total. The van der Waals surface area contributed by atoms with Crippen LogP contribution in [-0.2, 0) is 0 Å². The fourth-order valence-electron chi connectivity index (χ4n) is 3.26. The van der Waals surface area contributed by atoms with Crippen LogP contribution in [0.25, 0.3) is 0 Å². The monoisotopic (exact) mass is 256 g/mol. The van der Waals surface area contributed by atoms with Crippen LogP contribution in [0.2, 0.25) is 0 Å². The highest BCUT2D eigenvalue weighted by Gasteiger charge is 2.53. The van der Waals surface area contributed by atoms with Gasteiger partial charge in [0.05, 0.1) is 0 Å². The maximum absolute atomic E-state index is 3.49. The van der Waals surface area contributed by atoms with Crippen molar-refractivity contribution in [2.24, 2.45) is 11.3 Å². The molecule has 0 aromatic heterocycles. The molecule has 1 saturated heterocycles. The van der Waals surface area contributed by atoms with E-state index in [4.69, 9.17) is 0 Å². The van der Waals surface area contributed by atoms with Crippen molar-refractivity contribution in [3.05, 3.63) is 0 Å². The zero-order chi connectivity index (χ0) is 12.3. The van der Waals surface area contributed by atoms with Gasteiger partial charge < -0.3 is 10.2 Å². The topological polar surface area (TPSA) is 15.3 Å². The maximum Gasteiger partial charge on any atom is 0.00718 e. The highest BCUT2D eigenvalue weighted by Crippen LogP contribution is 2.58. The molecule has 0 radical (unpaired) electrons. The molecule has 0 amide bonds. The van der Waals surface area contributed by atoms with Gasteiger partial charge in [0.25, 0.3) is 0 Å². The summed E-state index contributed by atoms with van der Waals surface area (Å²) in [5, 5.41) is 3.49. The van der Waals surface area contributed by atoms with Crippen LogP contribution < -0.4 is 5.32 Å². The molecule has 0 bridgehead atoms. The van der Waals surface area contributed by atoms with Gasteiger partial charge >= 0.3 is 0 Å². The predicted octanol–water partition coefficient (Wildman–Crippen LogP) is 2.45. The largest absolute Gasteiger partial charge is 0.317 e. The van der Waals surface area contributed by atoms with Crippen LogP contribution in [0.15, 0.2) is 0 Å². The van der Waals surface area contributed by atoms with Gasteiger partial charge in [-0.25, -0.2) is 0 Å². The lowest BCUT2D eigenvalue weighted by molar-refractivity contribution is 0.215. The Bertz CT molecular complexity index is 238. The van der Waals surface area contributed by atoms with E-state index < -0.39 is 0 Å². The SMILES string of the molecule is CSCCC(C)N(C)CC1CC12CCNCC2. The summed E-state index contributed by atoms with van der Waals surface area (Å²) >= 11 is 1.97. The number of rotatable bonds is 6. The third-order valence-corrected chi connectivity index (χ3v) is 5.60. The maximum atomic E-state index is 3.49. The number of nitrogens with one attached hydrogen (secondary N) is 1. The Morgan fingerprint density at radius 3 is 2.76 bits per heavy atom. The van der Waals surface area contributed by atoms with Gasteiger partial charge in [-0.05, 0) is 76.1 Å². The number of nitrogens with zero attached hydrogens (tertiary/aromatic N) is 1. The van der Waals surface area contributed by atoms with Gasteiger partial charge in [0.15, 0.2) is 0 Å². The average Bonchev–Trinajstić information content (AvgIpc) is 2.98. The first-order chi connectivity index (χ1) is 8.18. The first-order valence-electron chi connectivity index (χ1n) is 7.08. The first kappa shape index (κ1) is 13.7. The summed E-state index contributed by atoms with van der Waals surface area (Å²) in [6, 6.07) is 0.752. The van der Waals surface area contributed by atoms with Crippen LogP contribution in [0.5, 0.6) is 0 Å². The van der Waals surface area contributed by atoms with E-state index in [1.165, 1.54) is 51.1 Å². The van der Waals surface area contributed by atoms with E-state index >= 15 is 0 Å². The minimum Gasteiger partial charge on any atom is -0.317 e. The van der Waals surface area contributed by atoms with Crippen molar-refractivity contribution >= 4 is 11.8 Å². The van der Waals surface area contributed by atoms with E-state index in [1.54, 1.807) is 0 Å². The number of thioether (sulfide) groups is 1. The summed E-state index contributed by atoms with van der Waals surface area (Å²) in [6.45, 7) is 6.22. The Labute approximate surface area is 111 Å². The van der Waals surface area contributed by atoms with Crippen molar-refractivity contribution in [1.29, 1.82) is 0 Å². The van der Waals surface area contributed by atoms with E-state index in [1.807, 2.05) is 11.8 Å². The molecule has 1 spiro atoms. The van der Waals surface area contributed by atoms with Crippen molar-refractivity contribution < 1.29 is 0 Å². The lowest BCUT2D eigenvalue weighted by Crippen LogP contribution is -2.35. The van der Waals surface area contributed by atoms with E-state index in [0.717, 1.165) is 17.4 Å². The Hall–Kier alpha value is 0.270. The molecule has 1 aliphatic carbocycles. The molecule has 1 heterocycles. The first-order valence-corrected chi connectivity index (χ1v) is 8.47. The highest BCUT2D eigenvalue weighted by molar-refractivity contribution is 7.98. The second-order valence-electron chi connectivity index (χ2n) is 6.08. The van der Waals surface area contributed by atoms with Crippen LogP contribution in [0.3, 0.4) is 0 Å². The van der Waals surface area contributed by atoms with Crippen LogP contribution >= 0.6 is 11.8 Å². The molecule has 2 aliphatic rings. The van der Waals surface area contributed by atoms with E-state index in [-0.39, 0.29) is 0 Å². The Morgan fingerprint density at radius 2 is 2.12 bits per heavy atom. The number of hydrogen-bond acceptors (Lipinski definition) is 3. The Kier molecular flexibility index (Phi) is 4.79. The van der Waals surface area contributed by atoms with E-state index in [0.29, 0.717) is 0 Å². The highest BCUT2D eigenvalue weighted by atomic mass is 32.2. The zero-order valence-electron chi connectivity index (χ0n) is 11.7. The normalized spacial score (nSPS) is 28.6. The minimum atomic E-state index is 0.749. The lowest BCUT2D eigenvalue weighted by atomic mass is 9.92. The smallest absolute Gasteiger partial charge is 0.00718 e. The molecule has 2 nitrogen and oxygen atoms in total.